The molecule has 3 N–H and O–H groups in total. The molecule has 0 saturated heterocycles. The lowest BCUT2D eigenvalue weighted by molar-refractivity contribution is -0.0164. The summed E-state index contributed by atoms with van der Waals surface area (Å²) in [5, 5.41) is 27.7. The van der Waals surface area contributed by atoms with Gasteiger partial charge >= 0.3 is 0 Å². The Labute approximate surface area is 87.4 Å². The van der Waals surface area contributed by atoms with Crippen molar-refractivity contribution in [1.29, 1.82) is 0 Å². The molecule has 0 spiro atoms. The lowest BCUT2D eigenvalue weighted by atomic mass is 10.1. The second kappa shape index (κ2) is 5.36. The first kappa shape index (κ1) is 11.5. The van der Waals surface area contributed by atoms with Crippen LogP contribution in [0, 0.1) is 0 Å². The number of aliphatic hydroxyl groups excluding tert-OH is 3. The van der Waals surface area contributed by atoms with Crippen molar-refractivity contribution in [1.82, 2.24) is 0 Å². The van der Waals surface area contributed by atoms with E-state index in [4.69, 9.17) is 5.11 Å². The summed E-state index contributed by atoms with van der Waals surface area (Å²) < 4.78 is 0. The molecule has 0 saturated carbocycles. The summed E-state index contributed by atoms with van der Waals surface area (Å²) in [5.41, 5.74) is 0.654. The zero-order chi connectivity index (χ0) is 10.6. The van der Waals surface area contributed by atoms with Gasteiger partial charge < -0.3 is 15.3 Å². The Morgan fingerprint density at radius 1 is 1.29 bits per heavy atom. The normalized spacial score (nSPS) is 15.1. The maximum Gasteiger partial charge on any atom is 0.108 e. The van der Waals surface area contributed by atoms with Crippen LogP contribution in [-0.2, 0) is 0 Å². The molecule has 0 radical (unpaired) electrons. The van der Waals surface area contributed by atoms with E-state index in [1.165, 1.54) is 11.8 Å². The van der Waals surface area contributed by atoms with Crippen LogP contribution in [0.15, 0.2) is 29.2 Å². The minimum atomic E-state index is -1.12. The van der Waals surface area contributed by atoms with E-state index in [0.717, 1.165) is 4.90 Å². The molecule has 14 heavy (non-hydrogen) atoms. The molecule has 1 aromatic carbocycles. The van der Waals surface area contributed by atoms with Gasteiger partial charge in [-0.2, -0.15) is 0 Å². The van der Waals surface area contributed by atoms with E-state index in [0.29, 0.717) is 5.56 Å². The average molecular weight is 214 g/mol. The molecular weight excluding hydrogens is 200 g/mol. The first-order valence-electron chi connectivity index (χ1n) is 4.30. The van der Waals surface area contributed by atoms with Gasteiger partial charge in [-0.05, 0) is 17.9 Å². The van der Waals surface area contributed by atoms with E-state index in [1.807, 2.05) is 18.4 Å². The van der Waals surface area contributed by atoms with Gasteiger partial charge in [0.1, 0.15) is 12.2 Å². The first-order chi connectivity index (χ1) is 6.70. The van der Waals surface area contributed by atoms with Gasteiger partial charge in [0.05, 0.1) is 6.61 Å². The zero-order valence-corrected chi connectivity index (χ0v) is 8.74. The van der Waals surface area contributed by atoms with E-state index >= 15 is 0 Å². The largest absolute Gasteiger partial charge is 0.394 e. The van der Waals surface area contributed by atoms with Crippen molar-refractivity contribution in [3.63, 3.8) is 0 Å². The third-order valence-electron chi connectivity index (χ3n) is 2.01. The molecule has 2 atom stereocenters. The van der Waals surface area contributed by atoms with E-state index < -0.39 is 18.8 Å². The summed E-state index contributed by atoms with van der Waals surface area (Å²) in [6, 6.07) is 7.28. The molecule has 2 unspecified atom stereocenters. The molecule has 0 aliphatic carbocycles. The fourth-order valence-corrected chi connectivity index (χ4v) is 1.86. The van der Waals surface area contributed by atoms with Gasteiger partial charge in [-0.1, -0.05) is 18.2 Å². The molecule has 0 fully saturated rings. The van der Waals surface area contributed by atoms with Crippen molar-refractivity contribution in [2.24, 2.45) is 0 Å². The average Bonchev–Trinajstić information content (AvgIpc) is 2.26. The summed E-state index contributed by atoms with van der Waals surface area (Å²) in [4.78, 5) is 0.910. The van der Waals surface area contributed by atoms with E-state index in [2.05, 4.69) is 0 Å². The number of aliphatic hydroxyl groups is 3. The zero-order valence-electron chi connectivity index (χ0n) is 7.92. The number of hydrogen-bond acceptors (Lipinski definition) is 4. The van der Waals surface area contributed by atoms with Gasteiger partial charge in [0.25, 0.3) is 0 Å². The highest BCUT2D eigenvalue weighted by molar-refractivity contribution is 7.98. The highest BCUT2D eigenvalue weighted by atomic mass is 32.2. The van der Waals surface area contributed by atoms with E-state index in [1.54, 1.807) is 12.1 Å². The Morgan fingerprint density at radius 2 is 1.93 bits per heavy atom. The van der Waals surface area contributed by atoms with Crippen molar-refractivity contribution in [2.45, 2.75) is 17.1 Å². The third-order valence-corrected chi connectivity index (χ3v) is 2.82. The van der Waals surface area contributed by atoms with Gasteiger partial charge in [-0.3, -0.25) is 0 Å². The van der Waals surface area contributed by atoms with Crippen LogP contribution in [-0.4, -0.2) is 34.3 Å². The Kier molecular flexibility index (Phi) is 4.41. The first-order valence-corrected chi connectivity index (χ1v) is 5.53. The molecule has 0 bridgehead atoms. The molecule has 78 valence electrons. The summed E-state index contributed by atoms with van der Waals surface area (Å²) in [7, 11) is 0. The van der Waals surface area contributed by atoms with Crippen LogP contribution in [0.3, 0.4) is 0 Å². The summed E-state index contributed by atoms with van der Waals surface area (Å²) in [6.45, 7) is -0.441. The van der Waals surface area contributed by atoms with E-state index in [9.17, 15) is 10.2 Å². The molecule has 4 heteroatoms. The van der Waals surface area contributed by atoms with Gasteiger partial charge in [0.15, 0.2) is 0 Å². The van der Waals surface area contributed by atoms with Gasteiger partial charge in [0.2, 0.25) is 0 Å². The maximum absolute atomic E-state index is 9.68. The lowest BCUT2D eigenvalue weighted by Gasteiger charge is -2.18. The van der Waals surface area contributed by atoms with Crippen molar-refractivity contribution in [3.05, 3.63) is 29.8 Å². The molecule has 0 heterocycles. The minimum absolute atomic E-state index is 0.441. The summed E-state index contributed by atoms with van der Waals surface area (Å²) in [6.07, 6.45) is -0.247. The van der Waals surface area contributed by atoms with Crippen LogP contribution in [0.1, 0.15) is 11.7 Å². The molecular formula is C10H14O3S. The molecule has 0 aliphatic rings. The molecule has 3 nitrogen and oxygen atoms in total. The maximum atomic E-state index is 9.68. The van der Waals surface area contributed by atoms with Gasteiger partial charge in [-0.25, -0.2) is 0 Å². The SMILES string of the molecule is CSc1ccccc1C(O)C(O)CO. The quantitative estimate of drug-likeness (QED) is 0.649. The molecule has 0 amide bonds. The minimum Gasteiger partial charge on any atom is -0.394 e. The third kappa shape index (κ3) is 2.48. The molecule has 1 aromatic rings. The summed E-state index contributed by atoms with van der Waals surface area (Å²) in [5.74, 6) is 0. The van der Waals surface area contributed by atoms with Crippen LogP contribution >= 0.6 is 11.8 Å². The summed E-state index contributed by atoms with van der Waals surface area (Å²) >= 11 is 1.50. The van der Waals surface area contributed by atoms with Crippen LogP contribution in [0.4, 0.5) is 0 Å². The predicted molar refractivity (Wildman–Crippen MR) is 56.3 cm³/mol. The predicted octanol–water partition coefficient (Wildman–Crippen LogP) is 0.795. The highest BCUT2D eigenvalue weighted by Crippen LogP contribution is 2.27. The fraction of sp³-hybridized carbons (Fsp3) is 0.400. The van der Waals surface area contributed by atoms with Crippen molar-refractivity contribution in [2.75, 3.05) is 12.9 Å². The smallest absolute Gasteiger partial charge is 0.108 e. The van der Waals surface area contributed by atoms with Crippen LogP contribution in [0.2, 0.25) is 0 Å². The standard InChI is InChI=1S/C10H14O3S/c1-14-9-5-3-2-4-7(9)10(13)8(12)6-11/h2-5,8,10-13H,6H2,1H3. The number of rotatable bonds is 4. The second-order valence-corrected chi connectivity index (χ2v) is 3.78. The second-order valence-electron chi connectivity index (χ2n) is 2.94. The Bertz CT molecular complexity index is 290. The number of thioether (sulfide) groups is 1. The van der Waals surface area contributed by atoms with Gasteiger partial charge in [0, 0.05) is 4.90 Å². The van der Waals surface area contributed by atoms with Crippen LogP contribution in [0.25, 0.3) is 0 Å². The topological polar surface area (TPSA) is 60.7 Å². The van der Waals surface area contributed by atoms with Crippen molar-refractivity contribution < 1.29 is 15.3 Å². The number of benzene rings is 1. The van der Waals surface area contributed by atoms with Crippen LogP contribution in [0.5, 0.6) is 0 Å². The molecule has 0 aromatic heterocycles. The fourth-order valence-electron chi connectivity index (χ4n) is 1.22. The van der Waals surface area contributed by atoms with Crippen molar-refractivity contribution >= 4 is 11.8 Å². The van der Waals surface area contributed by atoms with E-state index in [-0.39, 0.29) is 0 Å². The number of hydrogen-bond donors (Lipinski definition) is 3. The molecule has 0 aliphatic heterocycles. The highest BCUT2D eigenvalue weighted by Gasteiger charge is 2.19. The van der Waals surface area contributed by atoms with Gasteiger partial charge in [-0.15, -0.1) is 11.8 Å². The van der Waals surface area contributed by atoms with Crippen LogP contribution < -0.4 is 0 Å². The Hall–Kier alpha value is -0.550. The Morgan fingerprint density at radius 3 is 2.50 bits per heavy atom. The lowest BCUT2D eigenvalue weighted by Crippen LogP contribution is -2.22. The van der Waals surface area contributed by atoms with Crippen molar-refractivity contribution in [3.8, 4) is 0 Å². The Balaban J connectivity index is 2.93. The molecule has 1 rings (SSSR count). The monoisotopic (exact) mass is 214 g/mol.